The number of hydrogen-bond donors (Lipinski definition) is 3. The van der Waals surface area contributed by atoms with Crippen LogP contribution in [0.15, 0.2) is 36.8 Å². The minimum Gasteiger partial charge on any atom is -0.396 e. The molecule has 0 bridgehead atoms. The SMILES string of the molecule is C[C@H](C#N)Nc1cc(-n2ncc3ccc(N)nc32)ncc1-n1cc(C2CCC(CCO)CC2)nn1. The van der Waals surface area contributed by atoms with Gasteiger partial charge in [0.2, 0.25) is 0 Å². The van der Waals surface area contributed by atoms with Crippen molar-refractivity contribution >= 4 is 22.5 Å². The molecule has 11 heteroatoms. The van der Waals surface area contributed by atoms with Crippen LogP contribution in [0.4, 0.5) is 11.5 Å². The van der Waals surface area contributed by atoms with Gasteiger partial charge in [-0.2, -0.15) is 15.0 Å². The zero-order valence-corrected chi connectivity index (χ0v) is 19.5. The van der Waals surface area contributed by atoms with Crippen LogP contribution in [0.1, 0.15) is 50.6 Å². The van der Waals surface area contributed by atoms with Crippen molar-refractivity contribution in [2.24, 2.45) is 5.92 Å². The summed E-state index contributed by atoms with van der Waals surface area (Å²) in [5.74, 6) is 1.88. The smallest absolute Gasteiger partial charge is 0.167 e. The van der Waals surface area contributed by atoms with Crippen LogP contribution < -0.4 is 11.1 Å². The molecule has 11 nitrogen and oxygen atoms in total. The first-order valence-electron chi connectivity index (χ1n) is 11.9. The number of fused-ring (bicyclic) bond motifs is 1. The number of rotatable bonds is 7. The molecular weight excluding hydrogens is 444 g/mol. The molecule has 1 atom stereocenters. The van der Waals surface area contributed by atoms with Gasteiger partial charge in [-0.25, -0.2) is 14.6 Å². The van der Waals surface area contributed by atoms with E-state index in [9.17, 15) is 10.4 Å². The highest BCUT2D eigenvalue weighted by Crippen LogP contribution is 2.36. The quantitative estimate of drug-likeness (QED) is 0.368. The second-order valence-electron chi connectivity index (χ2n) is 9.08. The highest BCUT2D eigenvalue weighted by Gasteiger charge is 2.25. The lowest BCUT2D eigenvalue weighted by Crippen LogP contribution is -2.16. The second-order valence-corrected chi connectivity index (χ2v) is 9.08. The van der Waals surface area contributed by atoms with Crippen LogP contribution >= 0.6 is 0 Å². The van der Waals surface area contributed by atoms with E-state index in [1.807, 2.05) is 18.3 Å². The van der Waals surface area contributed by atoms with E-state index in [4.69, 9.17) is 5.73 Å². The topological polar surface area (TPSA) is 156 Å². The normalized spacial score (nSPS) is 18.9. The van der Waals surface area contributed by atoms with Gasteiger partial charge in [0.15, 0.2) is 11.5 Å². The summed E-state index contributed by atoms with van der Waals surface area (Å²) in [5, 5.41) is 35.9. The molecule has 0 saturated heterocycles. The number of nitrogen functional groups attached to an aromatic ring is 1. The standard InChI is InChI=1S/C24H28N10O/c1-15(11-25)29-19-10-23(34-24-18(12-28-34)6-7-22(26)30-24)27-13-21(19)33-14-20(31-32-33)17-4-2-16(3-5-17)8-9-35/h6-7,10,12-17,35H,2-5,8-9H2,1H3,(H2,26,30)(H,27,29)/t15-,16?,17?/m1/s1. The van der Waals surface area contributed by atoms with Gasteiger partial charge in [-0.05, 0) is 57.1 Å². The molecule has 35 heavy (non-hydrogen) atoms. The van der Waals surface area contributed by atoms with Gasteiger partial charge in [0.1, 0.15) is 17.5 Å². The summed E-state index contributed by atoms with van der Waals surface area (Å²) in [7, 11) is 0. The Balaban J connectivity index is 1.46. The molecule has 5 rings (SSSR count). The van der Waals surface area contributed by atoms with Crippen molar-refractivity contribution in [1.29, 1.82) is 5.26 Å². The van der Waals surface area contributed by atoms with Crippen LogP contribution in [0.5, 0.6) is 0 Å². The Labute approximate surface area is 202 Å². The average molecular weight is 473 g/mol. The van der Waals surface area contributed by atoms with E-state index in [1.54, 1.807) is 34.7 Å². The van der Waals surface area contributed by atoms with Gasteiger partial charge >= 0.3 is 0 Å². The van der Waals surface area contributed by atoms with Crippen molar-refractivity contribution in [3.63, 3.8) is 0 Å². The van der Waals surface area contributed by atoms with Crippen LogP contribution in [0, 0.1) is 17.2 Å². The molecule has 0 amide bonds. The predicted molar refractivity (Wildman–Crippen MR) is 131 cm³/mol. The Morgan fingerprint density at radius 3 is 2.86 bits per heavy atom. The second kappa shape index (κ2) is 9.68. The third-order valence-electron chi connectivity index (χ3n) is 6.65. The summed E-state index contributed by atoms with van der Waals surface area (Å²) in [5.41, 5.74) is 8.80. The zero-order valence-electron chi connectivity index (χ0n) is 19.5. The van der Waals surface area contributed by atoms with Gasteiger partial charge in [0.05, 0.1) is 36.0 Å². The lowest BCUT2D eigenvalue weighted by molar-refractivity contribution is 0.221. The van der Waals surface area contributed by atoms with Crippen molar-refractivity contribution in [2.75, 3.05) is 17.7 Å². The van der Waals surface area contributed by atoms with Crippen molar-refractivity contribution in [3.8, 4) is 17.6 Å². The number of nitriles is 1. The van der Waals surface area contributed by atoms with Crippen LogP contribution in [0.25, 0.3) is 22.5 Å². The fourth-order valence-corrected chi connectivity index (χ4v) is 4.71. The van der Waals surface area contributed by atoms with E-state index in [0.717, 1.165) is 43.2 Å². The van der Waals surface area contributed by atoms with Crippen LogP contribution in [-0.4, -0.2) is 52.5 Å². The van der Waals surface area contributed by atoms with Crippen LogP contribution in [0.2, 0.25) is 0 Å². The highest BCUT2D eigenvalue weighted by atomic mass is 16.3. The molecule has 4 N–H and O–H groups in total. The number of hydrogen-bond acceptors (Lipinski definition) is 9. The number of pyridine rings is 2. The Bertz CT molecular complexity index is 1360. The number of nitrogens with one attached hydrogen (secondary N) is 1. The monoisotopic (exact) mass is 472 g/mol. The molecule has 0 spiro atoms. The number of aliphatic hydroxyl groups excluding tert-OH is 1. The van der Waals surface area contributed by atoms with E-state index in [-0.39, 0.29) is 6.61 Å². The minimum absolute atomic E-state index is 0.253. The van der Waals surface area contributed by atoms with E-state index < -0.39 is 6.04 Å². The average Bonchev–Trinajstić information content (AvgIpc) is 3.52. The third-order valence-corrected chi connectivity index (χ3v) is 6.65. The molecule has 180 valence electrons. The minimum atomic E-state index is -0.433. The molecule has 4 aromatic rings. The first kappa shape index (κ1) is 22.7. The van der Waals surface area contributed by atoms with Crippen LogP contribution in [-0.2, 0) is 0 Å². The van der Waals surface area contributed by atoms with Gasteiger partial charge in [-0.1, -0.05) is 5.21 Å². The maximum atomic E-state index is 9.40. The molecule has 1 saturated carbocycles. The largest absolute Gasteiger partial charge is 0.396 e. The fraction of sp³-hybridized carbons (Fsp3) is 0.417. The maximum absolute atomic E-state index is 9.40. The number of aromatic nitrogens is 7. The molecule has 0 radical (unpaired) electrons. The van der Waals surface area contributed by atoms with Gasteiger partial charge in [0, 0.05) is 24.0 Å². The molecule has 0 unspecified atom stereocenters. The van der Waals surface area contributed by atoms with Crippen molar-refractivity contribution in [3.05, 3.63) is 42.5 Å². The van der Waals surface area contributed by atoms with Crippen molar-refractivity contribution in [2.45, 2.75) is 51.0 Å². The third kappa shape index (κ3) is 4.65. The van der Waals surface area contributed by atoms with Gasteiger partial charge in [0.25, 0.3) is 0 Å². The fourth-order valence-electron chi connectivity index (χ4n) is 4.71. The zero-order chi connectivity index (χ0) is 24.4. The van der Waals surface area contributed by atoms with E-state index >= 15 is 0 Å². The molecule has 1 aliphatic carbocycles. The van der Waals surface area contributed by atoms with E-state index in [1.165, 1.54) is 0 Å². The lowest BCUT2D eigenvalue weighted by atomic mass is 9.79. The number of aliphatic hydroxyl groups is 1. The molecular formula is C24H28N10O. The lowest BCUT2D eigenvalue weighted by Gasteiger charge is -2.26. The van der Waals surface area contributed by atoms with Crippen LogP contribution in [0.3, 0.4) is 0 Å². The molecule has 4 aromatic heterocycles. The molecule has 1 aliphatic rings. The van der Waals surface area contributed by atoms with Gasteiger partial charge in [-0.3, -0.25) is 0 Å². The Kier molecular flexibility index (Phi) is 6.29. The van der Waals surface area contributed by atoms with Crippen molar-refractivity contribution < 1.29 is 5.11 Å². The Hall–Kier alpha value is -4.04. The molecule has 0 aromatic carbocycles. The van der Waals surface area contributed by atoms with Crippen molar-refractivity contribution in [1.82, 2.24) is 34.7 Å². The summed E-state index contributed by atoms with van der Waals surface area (Å²) in [6, 6.07) is 7.19. The van der Waals surface area contributed by atoms with E-state index in [2.05, 4.69) is 36.8 Å². The van der Waals surface area contributed by atoms with E-state index in [0.29, 0.717) is 40.5 Å². The Morgan fingerprint density at radius 1 is 1.26 bits per heavy atom. The summed E-state index contributed by atoms with van der Waals surface area (Å²) >= 11 is 0. The summed E-state index contributed by atoms with van der Waals surface area (Å²) in [4.78, 5) is 9.00. The van der Waals surface area contributed by atoms with Gasteiger partial charge in [-0.15, -0.1) is 5.10 Å². The number of nitrogens with zero attached hydrogens (tertiary/aromatic N) is 8. The Morgan fingerprint density at radius 2 is 2.09 bits per heavy atom. The molecule has 1 fully saturated rings. The maximum Gasteiger partial charge on any atom is 0.167 e. The highest BCUT2D eigenvalue weighted by molar-refractivity contribution is 5.78. The summed E-state index contributed by atoms with van der Waals surface area (Å²) < 4.78 is 3.32. The first-order valence-corrected chi connectivity index (χ1v) is 11.9. The molecule has 0 aliphatic heterocycles. The predicted octanol–water partition coefficient (Wildman–Crippen LogP) is 2.96. The number of nitrogens with two attached hydrogens (primary N) is 1. The summed E-state index contributed by atoms with van der Waals surface area (Å²) in [6.07, 6.45) is 10.5. The van der Waals surface area contributed by atoms with Gasteiger partial charge < -0.3 is 16.2 Å². The molecule has 4 heterocycles. The first-order chi connectivity index (χ1) is 17.1. The number of anilines is 2. The summed E-state index contributed by atoms with van der Waals surface area (Å²) in [6.45, 7) is 2.04.